The Morgan fingerprint density at radius 2 is 1.68 bits per heavy atom. The molecule has 0 spiro atoms. The van der Waals surface area contributed by atoms with Gasteiger partial charge in [-0.15, -0.1) is 0 Å². The van der Waals surface area contributed by atoms with Crippen molar-refractivity contribution >= 4 is 5.78 Å². The first-order valence-electron chi connectivity index (χ1n) is 7.52. The summed E-state index contributed by atoms with van der Waals surface area (Å²) < 4.78 is 0. The number of carbonyl (C=O) groups excluding carboxylic acids is 1. The van der Waals surface area contributed by atoms with Crippen molar-refractivity contribution in [3.63, 3.8) is 0 Å². The van der Waals surface area contributed by atoms with Gasteiger partial charge in [0.25, 0.3) is 0 Å². The van der Waals surface area contributed by atoms with E-state index in [-0.39, 0.29) is 5.78 Å². The molecule has 0 N–H and O–H groups in total. The number of hydrogen-bond acceptors (Lipinski definition) is 1. The van der Waals surface area contributed by atoms with Gasteiger partial charge in [0.2, 0.25) is 0 Å². The van der Waals surface area contributed by atoms with Crippen molar-refractivity contribution < 1.29 is 4.79 Å². The third-order valence-electron chi connectivity index (χ3n) is 3.92. The van der Waals surface area contributed by atoms with E-state index in [4.69, 9.17) is 0 Å². The highest BCUT2D eigenvalue weighted by atomic mass is 16.1. The molecule has 1 nitrogen and oxygen atoms in total. The molecule has 1 aromatic rings. The van der Waals surface area contributed by atoms with Crippen molar-refractivity contribution in [1.82, 2.24) is 0 Å². The molecule has 0 fully saturated rings. The molecular formula is C18H24O. The molecule has 0 bridgehead atoms. The Labute approximate surface area is 116 Å². The molecule has 1 aromatic carbocycles. The van der Waals surface area contributed by atoms with Gasteiger partial charge < -0.3 is 0 Å². The first-order valence-corrected chi connectivity index (χ1v) is 7.52. The molecule has 0 saturated heterocycles. The summed E-state index contributed by atoms with van der Waals surface area (Å²) in [6.45, 7) is 4.35. The lowest BCUT2D eigenvalue weighted by Crippen LogP contribution is -2.05. The van der Waals surface area contributed by atoms with Crippen molar-refractivity contribution in [3.8, 4) is 0 Å². The molecule has 0 radical (unpaired) electrons. The smallest absolute Gasteiger partial charge is 0.188 e. The van der Waals surface area contributed by atoms with Gasteiger partial charge in [0, 0.05) is 5.56 Å². The van der Waals surface area contributed by atoms with Gasteiger partial charge in [-0.1, -0.05) is 57.0 Å². The Morgan fingerprint density at radius 1 is 1.00 bits per heavy atom. The molecule has 0 heterocycles. The number of allylic oxidation sites excluding steroid dienone is 2. The summed E-state index contributed by atoms with van der Waals surface area (Å²) in [5.74, 6) is 0.752. The monoisotopic (exact) mass is 256 g/mol. The van der Waals surface area contributed by atoms with Crippen LogP contribution in [0.2, 0.25) is 0 Å². The van der Waals surface area contributed by atoms with Crippen LogP contribution in [0.4, 0.5) is 0 Å². The molecule has 1 aliphatic carbocycles. The Morgan fingerprint density at radius 3 is 2.37 bits per heavy atom. The summed E-state index contributed by atoms with van der Waals surface area (Å²) in [7, 11) is 0. The lowest BCUT2D eigenvalue weighted by atomic mass is 9.93. The second-order valence-corrected chi connectivity index (χ2v) is 5.79. The van der Waals surface area contributed by atoms with E-state index >= 15 is 0 Å². The van der Waals surface area contributed by atoms with Gasteiger partial charge in [-0.05, 0) is 42.7 Å². The van der Waals surface area contributed by atoms with Crippen LogP contribution in [-0.4, -0.2) is 5.78 Å². The van der Waals surface area contributed by atoms with E-state index in [9.17, 15) is 4.79 Å². The lowest BCUT2D eigenvalue weighted by molar-refractivity contribution is 0.102. The van der Waals surface area contributed by atoms with Gasteiger partial charge in [0.05, 0.1) is 0 Å². The molecule has 102 valence electrons. The Kier molecular flexibility index (Phi) is 4.95. The summed E-state index contributed by atoms with van der Waals surface area (Å²) in [6.07, 6.45) is 9.12. The standard InChI is InChI=1S/C18H24O/c1-14(2)15-10-12-17(13-11-15)18(19)16-8-6-4-3-5-7-9-16/h8,10-14H,3-7,9H2,1-2H3/b16-8+. The molecular weight excluding hydrogens is 232 g/mol. The van der Waals surface area contributed by atoms with Gasteiger partial charge in [-0.25, -0.2) is 0 Å². The van der Waals surface area contributed by atoms with Crippen LogP contribution in [0.1, 0.15) is 74.2 Å². The molecule has 19 heavy (non-hydrogen) atoms. The largest absolute Gasteiger partial charge is 0.289 e. The van der Waals surface area contributed by atoms with E-state index in [1.54, 1.807) is 0 Å². The van der Waals surface area contributed by atoms with Gasteiger partial charge in [-0.2, -0.15) is 0 Å². The van der Waals surface area contributed by atoms with Crippen molar-refractivity contribution in [1.29, 1.82) is 0 Å². The minimum atomic E-state index is 0.234. The summed E-state index contributed by atoms with van der Waals surface area (Å²) in [4.78, 5) is 12.5. The fourth-order valence-corrected chi connectivity index (χ4v) is 2.60. The number of benzene rings is 1. The second-order valence-electron chi connectivity index (χ2n) is 5.79. The van der Waals surface area contributed by atoms with E-state index < -0.39 is 0 Å². The van der Waals surface area contributed by atoms with Crippen molar-refractivity contribution in [2.45, 2.75) is 58.3 Å². The van der Waals surface area contributed by atoms with Crippen LogP contribution in [0.15, 0.2) is 35.9 Å². The number of rotatable bonds is 3. The van der Waals surface area contributed by atoms with Crippen molar-refractivity contribution in [2.75, 3.05) is 0 Å². The molecule has 0 aliphatic heterocycles. The maximum atomic E-state index is 12.5. The molecule has 0 aromatic heterocycles. The normalized spacial score (nSPS) is 19.4. The topological polar surface area (TPSA) is 17.1 Å². The average Bonchev–Trinajstić information content (AvgIpc) is 2.38. The molecule has 0 atom stereocenters. The zero-order chi connectivity index (χ0) is 13.7. The Balaban J connectivity index is 2.13. The van der Waals surface area contributed by atoms with Crippen LogP contribution in [0, 0.1) is 0 Å². The summed E-state index contributed by atoms with van der Waals surface area (Å²) >= 11 is 0. The van der Waals surface area contributed by atoms with Gasteiger partial charge in [0.1, 0.15) is 0 Å². The number of ketones is 1. The first kappa shape index (κ1) is 14.0. The van der Waals surface area contributed by atoms with Gasteiger partial charge in [-0.3, -0.25) is 4.79 Å². The summed E-state index contributed by atoms with van der Waals surface area (Å²) in [6, 6.07) is 8.14. The van der Waals surface area contributed by atoms with Gasteiger partial charge in [0.15, 0.2) is 5.78 Å². The predicted octanol–water partition coefficient (Wildman–Crippen LogP) is 5.27. The SMILES string of the molecule is CC(C)c1ccc(C(=O)/C2=C/CCCCCC2)cc1. The highest BCUT2D eigenvalue weighted by molar-refractivity contribution is 6.08. The molecule has 1 aliphatic rings. The molecule has 0 saturated carbocycles. The van der Waals surface area contributed by atoms with Crippen LogP contribution in [-0.2, 0) is 0 Å². The summed E-state index contributed by atoms with van der Waals surface area (Å²) in [5.41, 5.74) is 3.16. The highest BCUT2D eigenvalue weighted by Crippen LogP contribution is 2.22. The molecule has 0 unspecified atom stereocenters. The number of carbonyl (C=O) groups is 1. The summed E-state index contributed by atoms with van der Waals surface area (Å²) in [5, 5.41) is 0. The fourth-order valence-electron chi connectivity index (χ4n) is 2.60. The van der Waals surface area contributed by atoms with Crippen molar-refractivity contribution in [2.24, 2.45) is 0 Å². The number of hydrogen-bond donors (Lipinski definition) is 0. The average molecular weight is 256 g/mol. The molecule has 0 amide bonds. The van der Waals surface area contributed by atoms with Crippen LogP contribution >= 0.6 is 0 Å². The van der Waals surface area contributed by atoms with E-state index in [1.165, 1.54) is 24.8 Å². The zero-order valence-electron chi connectivity index (χ0n) is 12.1. The van der Waals surface area contributed by atoms with E-state index in [0.717, 1.165) is 30.4 Å². The maximum Gasteiger partial charge on any atom is 0.188 e. The van der Waals surface area contributed by atoms with Crippen molar-refractivity contribution in [3.05, 3.63) is 47.0 Å². The lowest BCUT2D eigenvalue weighted by Gasteiger charge is -2.11. The number of Topliss-reactive ketones (excluding diaryl/α,β-unsaturated/α-hetero) is 1. The third-order valence-corrected chi connectivity index (χ3v) is 3.92. The van der Waals surface area contributed by atoms with Gasteiger partial charge >= 0.3 is 0 Å². The van der Waals surface area contributed by atoms with Crippen LogP contribution in [0.5, 0.6) is 0 Å². The Bertz CT molecular complexity index is 451. The van der Waals surface area contributed by atoms with Crippen LogP contribution in [0.25, 0.3) is 0 Å². The Hall–Kier alpha value is -1.37. The zero-order valence-corrected chi connectivity index (χ0v) is 12.1. The minimum absolute atomic E-state index is 0.234. The van der Waals surface area contributed by atoms with Crippen LogP contribution < -0.4 is 0 Å². The third kappa shape index (κ3) is 3.79. The van der Waals surface area contributed by atoms with E-state index in [1.807, 2.05) is 12.1 Å². The molecule has 2 rings (SSSR count). The highest BCUT2D eigenvalue weighted by Gasteiger charge is 2.13. The maximum absolute atomic E-state index is 12.5. The predicted molar refractivity (Wildman–Crippen MR) is 80.6 cm³/mol. The molecule has 1 heteroatoms. The fraction of sp³-hybridized carbons (Fsp3) is 0.500. The first-order chi connectivity index (χ1) is 9.18. The second kappa shape index (κ2) is 6.70. The van der Waals surface area contributed by atoms with Crippen LogP contribution in [0.3, 0.4) is 0 Å². The van der Waals surface area contributed by atoms with E-state index in [2.05, 4.69) is 32.1 Å². The van der Waals surface area contributed by atoms with E-state index in [0.29, 0.717) is 5.92 Å². The quantitative estimate of drug-likeness (QED) is 0.673. The minimum Gasteiger partial charge on any atom is -0.289 e.